The van der Waals surface area contributed by atoms with Crippen LogP contribution < -0.4 is 20.9 Å². The number of nitrogens with two attached hydrogens (primary N) is 2. The molecular weight excluding hydrogens is 664 g/mol. The molecule has 8 heterocycles. The molecule has 272 valence electrons. The number of fused-ring (bicyclic) bond motifs is 6. The minimum atomic E-state index is -1.26. The highest BCUT2D eigenvalue weighted by Crippen LogP contribution is 2.31. The van der Waals surface area contributed by atoms with Gasteiger partial charge in [-0.05, 0) is 99.1 Å². The maximum atomic E-state index is 9.55. The molecule has 14 heteroatoms. The lowest BCUT2D eigenvalue weighted by Gasteiger charge is -2.43. The predicted molar refractivity (Wildman–Crippen MR) is 195 cm³/mol. The second-order valence-electron chi connectivity index (χ2n) is 13.4. The summed E-state index contributed by atoms with van der Waals surface area (Å²) in [6.07, 6.45) is 13.8. The summed E-state index contributed by atoms with van der Waals surface area (Å²) in [5.41, 5.74) is 17.0. The van der Waals surface area contributed by atoms with Crippen LogP contribution in [0.15, 0.2) is 85.5 Å². The Bertz CT molecular complexity index is 1660. The fourth-order valence-corrected chi connectivity index (χ4v) is 6.91. The molecule has 4 aromatic rings. The van der Waals surface area contributed by atoms with Crippen molar-refractivity contribution in [1.82, 2.24) is 29.7 Å². The van der Waals surface area contributed by atoms with Crippen LogP contribution in [0, 0.1) is 11.8 Å². The van der Waals surface area contributed by atoms with Gasteiger partial charge < -0.3 is 31.2 Å². The number of piperidine rings is 6. The van der Waals surface area contributed by atoms with Gasteiger partial charge in [0.15, 0.2) is 0 Å². The molecule has 2 aromatic heterocycles. The molecular formula is C38H44N8O6. The standard InChI is InChI=1S/2C17H20N4O.C4H4O4/c2*18-15-3-1-12(2-4-15)14-9-19-17(20-10-14)22-16-11-21-7-5-13(16)6-8-21;5-3(6)1-2-4(7)8/h2*1-4,9-10,13,16H,5-8,11,18H2;1-2H,(H,5,6)(H,7,8)/b;;2-1+/t2*16-;/m00./s1. The molecule has 2 atom stereocenters. The average molecular weight is 709 g/mol. The van der Waals surface area contributed by atoms with E-state index in [4.69, 9.17) is 31.2 Å². The second kappa shape index (κ2) is 17.1. The SMILES string of the molecule is Nc1ccc(-c2cnc(O[C@H]3CN4CCC3CC4)nc2)cc1.Nc1ccc(-c2cnc(O[C@H]3CN4CCC3CC4)nc2)cc1.O=C(O)/C=C/C(=O)O. The first-order valence-corrected chi connectivity index (χ1v) is 17.5. The molecule has 0 saturated carbocycles. The molecule has 6 fully saturated rings. The van der Waals surface area contributed by atoms with Crippen molar-refractivity contribution < 1.29 is 29.3 Å². The number of aliphatic carboxylic acids is 2. The van der Waals surface area contributed by atoms with Crippen LogP contribution in [-0.4, -0.2) is 103 Å². The fourth-order valence-electron chi connectivity index (χ4n) is 6.91. The first-order valence-electron chi connectivity index (χ1n) is 17.5. The number of hydrogen-bond donors (Lipinski definition) is 4. The van der Waals surface area contributed by atoms with Crippen molar-refractivity contribution in [3.05, 3.63) is 85.5 Å². The number of benzene rings is 2. The molecule has 0 amide bonds. The van der Waals surface area contributed by atoms with Gasteiger partial charge in [0.2, 0.25) is 0 Å². The number of carboxylic acids is 2. The Labute approximate surface area is 302 Å². The minimum Gasteiger partial charge on any atom is -0.478 e. The van der Waals surface area contributed by atoms with Gasteiger partial charge in [0.25, 0.3) is 0 Å². The van der Waals surface area contributed by atoms with Crippen LogP contribution in [0.5, 0.6) is 12.0 Å². The number of nitrogens with zero attached hydrogens (tertiary/aromatic N) is 6. The van der Waals surface area contributed by atoms with Gasteiger partial charge in [-0.2, -0.15) is 0 Å². The van der Waals surface area contributed by atoms with E-state index in [0.29, 0.717) is 36.0 Å². The zero-order valence-electron chi connectivity index (χ0n) is 28.8. The van der Waals surface area contributed by atoms with Crippen LogP contribution in [0.4, 0.5) is 11.4 Å². The van der Waals surface area contributed by atoms with Crippen molar-refractivity contribution in [2.75, 3.05) is 50.7 Å². The normalized spacial score (nSPS) is 24.2. The molecule has 14 nitrogen and oxygen atoms in total. The van der Waals surface area contributed by atoms with E-state index in [1.54, 1.807) is 0 Å². The lowest BCUT2D eigenvalue weighted by molar-refractivity contribution is -0.134. The maximum absolute atomic E-state index is 9.55. The number of ether oxygens (including phenoxy) is 2. The minimum absolute atomic E-state index is 0.241. The zero-order valence-corrected chi connectivity index (χ0v) is 28.8. The smallest absolute Gasteiger partial charge is 0.328 e. The summed E-state index contributed by atoms with van der Waals surface area (Å²) in [4.78, 5) is 41.5. The van der Waals surface area contributed by atoms with Crippen molar-refractivity contribution in [2.24, 2.45) is 11.8 Å². The van der Waals surface area contributed by atoms with Gasteiger partial charge in [0, 0.05) is 72.5 Å². The van der Waals surface area contributed by atoms with Crippen LogP contribution in [0.1, 0.15) is 25.7 Å². The number of carboxylic acid groups (broad SMARTS) is 2. The van der Waals surface area contributed by atoms with Crippen molar-refractivity contribution in [3.8, 4) is 34.3 Å². The van der Waals surface area contributed by atoms with Gasteiger partial charge >= 0.3 is 24.0 Å². The zero-order chi connectivity index (χ0) is 36.5. The topological polar surface area (TPSA) is 203 Å². The molecule has 6 aliphatic heterocycles. The van der Waals surface area contributed by atoms with Gasteiger partial charge in [0.05, 0.1) is 0 Å². The van der Waals surface area contributed by atoms with E-state index in [2.05, 4.69) is 29.7 Å². The number of hydrogen-bond acceptors (Lipinski definition) is 12. The maximum Gasteiger partial charge on any atom is 0.328 e. The molecule has 0 aliphatic carbocycles. The summed E-state index contributed by atoms with van der Waals surface area (Å²) in [5.74, 6) is -1.20. The van der Waals surface area contributed by atoms with E-state index in [1.165, 1.54) is 51.9 Å². The summed E-state index contributed by atoms with van der Waals surface area (Å²) in [5, 5.41) is 15.6. The van der Waals surface area contributed by atoms with Crippen LogP contribution in [-0.2, 0) is 9.59 Å². The first-order chi connectivity index (χ1) is 25.2. The van der Waals surface area contributed by atoms with Crippen molar-refractivity contribution >= 4 is 23.3 Å². The predicted octanol–water partition coefficient (Wildman–Crippen LogP) is 4.11. The molecule has 52 heavy (non-hydrogen) atoms. The number of aromatic nitrogens is 4. The molecule has 10 rings (SSSR count). The summed E-state index contributed by atoms with van der Waals surface area (Å²) < 4.78 is 12.0. The molecule has 6 N–H and O–H groups in total. The third-order valence-corrected chi connectivity index (χ3v) is 9.82. The average Bonchev–Trinajstić information content (AvgIpc) is 3.17. The van der Waals surface area contributed by atoms with Crippen LogP contribution in [0.3, 0.4) is 0 Å². The molecule has 2 aromatic carbocycles. The van der Waals surface area contributed by atoms with Crippen molar-refractivity contribution in [2.45, 2.75) is 37.9 Å². The van der Waals surface area contributed by atoms with Gasteiger partial charge in [-0.1, -0.05) is 24.3 Å². The Hall–Kier alpha value is -5.60. The highest BCUT2D eigenvalue weighted by atomic mass is 16.5. The van der Waals surface area contributed by atoms with E-state index in [-0.39, 0.29) is 12.2 Å². The van der Waals surface area contributed by atoms with E-state index < -0.39 is 11.9 Å². The molecule has 0 spiro atoms. The fraction of sp³-hybridized carbons (Fsp3) is 0.368. The lowest BCUT2D eigenvalue weighted by Crippen LogP contribution is -2.52. The van der Waals surface area contributed by atoms with Gasteiger partial charge in [-0.15, -0.1) is 0 Å². The number of nitrogen functional groups attached to an aromatic ring is 2. The highest BCUT2D eigenvalue weighted by Gasteiger charge is 2.37. The van der Waals surface area contributed by atoms with Crippen molar-refractivity contribution in [3.63, 3.8) is 0 Å². The Balaban J connectivity index is 0.000000149. The number of rotatable bonds is 8. The van der Waals surface area contributed by atoms with E-state index in [9.17, 15) is 9.59 Å². The quantitative estimate of drug-likeness (QED) is 0.150. The number of carbonyl (C=O) groups is 2. The summed E-state index contributed by atoms with van der Waals surface area (Å²) in [6.45, 7) is 6.85. The van der Waals surface area contributed by atoms with Crippen LogP contribution >= 0.6 is 0 Å². The summed E-state index contributed by atoms with van der Waals surface area (Å²) in [7, 11) is 0. The van der Waals surface area contributed by atoms with Crippen molar-refractivity contribution in [1.29, 1.82) is 0 Å². The largest absolute Gasteiger partial charge is 0.478 e. The molecule has 6 saturated heterocycles. The monoisotopic (exact) mass is 708 g/mol. The third kappa shape index (κ3) is 10.0. The van der Waals surface area contributed by atoms with Crippen LogP contribution in [0.2, 0.25) is 0 Å². The third-order valence-electron chi connectivity index (χ3n) is 9.82. The molecule has 0 unspecified atom stereocenters. The van der Waals surface area contributed by atoms with Gasteiger partial charge in [-0.25, -0.2) is 29.5 Å². The van der Waals surface area contributed by atoms with E-state index in [0.717, 1.165) is 46.7 Å². The first kappa shape index (κ1) is 36.2. The van der Waals surface area contributed by atoms with E-state index >= 15 is 0 Å². The Morgan fingerprint density at radius 1 is 0.577 bits per heavy atom. The van der Waals surface area contributed by atoms with E-state index in [1.807, 2.05) is 73.3 Å². The Morgan fingerprint density at radius 2 is 0.904 bits per heavy atom. The lowest BCUT2D eigenvalue weighted by atomic mass is 9.86. The highest BCUT2D eigenvalue weighted by molar-refractivity contribution is 5.89. The summed E-state index contributed by atoms with van der Waals surface area (Å²) >= 11 is 0. The molecule has 4 bridgehead atoms. The van der Waals surface area contributed by atoms with Gasteiger partial charge in [-0.3, -0.25) is 9.80 Å². The van der Waals surface area contributed by atoms with Crippen LogP contribution in [0.25, 0.3) is 22.3 Å². The Morgan fingerprint density at radius 3 is 1.17 bits per heavy atom. The summed E-state index contributed by atoms with van der Waals surface area (Å²) in [6, 6.07) is 16.4. The second-order valence-corrected chi connectivity index (χ2v) is 13.4. The molecule has 0 radical (unpaired) electrons. The molecule has 6 aliphatic rings. The Kier molecular flexibility index (Phi) is 11.9. The van der Waals surface area contributed by atoms with Gasteiger partial charge in [0.1, 0.15) is 12.2 Å². The number of anilines is 2.